The largest absolute Gasteiger partial charge is 0.466 e. The summed E-state index contributed by atoms with van der Waals surface area (Å²) in [6, 6.07) is 8.69. The van der Waals surface area contributed by atoms with Gasteiger partial charge in [0.1, 0.15) is 5.02 Å². The highest BCUT2D eigenvalue weighted by atomic mass is 35.5. The van der Waals surface area contributed by atoms with E-state index in [1.54, 1.807) is 13.0 Å². The van der Waals surface area contributed by atoms with Gasteiger partial charge in [-0.3, -0.25) is 29.6 Å². The highest BCUT2D eigenvalue weighted by Crippen LogP contribution is 2.34. The lowest BCUT2D eigenvalue weighted by Crippen LogP contribution is -2.39. The third kappa shape index (κ3) is 4.36. The number of methoxy groups -OCH3 is 1. The first-order chi connectivity index (χ1) is 16.6. The smallest absolute Gasteiger partial charge is 0.338 e. The molecule has 1 aliphatic rings. The average molecular weight is 515 g/mol. The molecular formula is C22H15ClN4O7S. The van der Waals surface area contributed by atoms with Gasteiger partial charge in [0.2, 0.25) is 0 Å². The van der Waals surface area contributed by atoms with Crippen LogP contribution in [0, 0.1) is 20.2 Å². The Morgan fingerprint density at radius 3 is 2.60 bits per heavy atom. The molecule has 2 heterocycles. The molecule has 0 N–H and O–H groups in total. The minimum Gasteiger partial charge on any atom is -0.466 e. The van der Waals surface area contributed by atoms with E-state index in [2.05, 4.69) is 4.99 Å². The first-order valence-corrected chi connectivity index (χ1v) is 11.1. The third-order valence-electron chi connectivity index (χ3n) is 5.29. The topological polar surface area (TPSA) is 147 Å². The first kappa shape index (κ1) is 24.0. The number of esters is 1. The number of benzene rings is 2. The number of carbonyl (C=O) groups excluding carboxylic acids is 1. The molecule has 0 spiro atoms. The zero-order valence-electron chi connectivity index (χ0n) is 18.1. The number of non-ortho nitro benzene ring substituents is 1. The van der Waals surface area contributed by atoms with Crippen molar-refractivity contribution in [1.29, 1.82) is 0 Å². The van der Waals surface area contributed by atoms with E-state index in [1.165, 1.54) is 54.2 Å². The van der Waals surface area contributed by atoms with Crippen LogP contribution in [0.1, 0.15) is 24.1 Å². The lowest BCUT2D eigenvalue weighted by Gasteiger charge is -2.24. The van der Waals surface area contributed by atoms with Crippen molar-refractivity contribution in [3.05, 3.63) is 110 Å². The number of nitro groups is 2. The standard InChI is InChI=1S/C22H15ClN4O7S/c1-11-18(21(29)34-2)19(13-6-7-15(23)16(10-13)27(32)33)25-20(28)17(35-22(25)24-11)9-12-4-3-5-14(8-12)26(30)31/h3-10,19H,1-2H3. The number of nitro benzene ring substituents is 2. The summed E-state index contributed by atoms with van der Waals surface area (Å²) in [5.74, 6) is -0.748. The molecule has 0 amide bonds. The van der Waals surface area contributed by atoms with E-state index in [1.807, 2.05) is 0 Å². The van der Waals surface area contributed by atoms with Gasteiger partial charge < -0.3 is 4.74 Å². The number of thiazole rings is 1. The summed E-state index contributed by atoms with van der Waals surface area (Å²) >= 11 is 6.98. The normalized spacial score (nSPS) is 15.4. The summed E-state index contributed by atoms with van der Waals surface area (Å²) in [7, 11) is 1.18. The maximum Gasteiger partial charge on any atom is 0.338 e. The molecule has 1 unspecified atom stereocenters. The molecule has 11 nitrogen and oxygen atoms in total. The number of rotatable bonds is 5. The lowest BCUT2D eigenvalue weighted by molar-refractivity contribution is -0.385. The van der Waals surface area contributed by atoms with E-state index in [0.29, 0.717) is 5.56 Å². The van der Waals surface area contributed by atoms with Crippen molar-refractivity contribution in [2.24, 2.45) is 4.99 Å². The Balaban J connectivity index is 1.99. The van der Waals surface area contributed by atoms with Gasteiger partial charge in [0.25, 0.3) is 16.9 Å². The maximum absolute atomic E-state index is 13.5. The molecule has 0 bridgehead atoms. The Morgan fingerprint density at radius 1 is 1.20 bits per heavy atom. The van der Waals surface area contributed by atoms with Gasteiger partial charge in [0.05, 0.1) is 38.8 Å². The van der Waals surface area contributed by atoms with Gasteiger partial charge in [-0.05, 0) is 30.2 Å². The number of allylic oxidation sites excluding steroid dienone is 1. The van der Waals surface area contributed by atoms with Crippen LogP contribution in [-0.2, 0) is 9.53 Å². The van der Waals surface area contributed by atoms with E-state index in [9.17, 15) is 29.8 Å². The van der Waals surface area contributed by atoms with Crippen LogP contribution in [0.15, 0.2) is 63.5 Å². The van der Waals surface area contributed by atoms with Gasteiger partial charge in [-0.2, -0.15) is 0 Å². The van der Waals surface area contributed by atoms with Gasteiger partial charge in [-0.1, -0.05) is 41.1 Å². The monoisotopic (exact) mass is 514 g/mol. The molecular weight excluding hydrogens is 500 g/mol. The Hall–Kier alpha value is -4.16. The van der Waals surface area contributed by atoms with Crippen LogP contribution in [0.4, 0.5) is 11.4 Å². The molecule has 4 rings (SSSR count). The van der Waals surface area contributed by atoms with Crippen LogP contribution in [0.3, 0.4) is 0 Å². The molecule has 178 valence electrons. The van der Waals surface area contributed by atoms with E-state index < -0.39 is 27.4 Å². The molecule has 1 atom stereocenters. The molecule has 1 aromatic heterocycles. The van der Waals surface area contributed by atoms with Gasteiger partial charge in [-0.15, -0.1) is 0 Å². The van der Waals surface area contributed by atoms with Crippen LogP contribution in [0.25, 0.3) is 6.08 Å². The minimum atomic E-state index is -1.07. The molecule has 0 saturated heterocycles. The molecule has 35 heavy (non-hydrogen) atoms. The van der Waals surface area contributed by atoms with Crippen molar-refractivity contribution in [3.63, 3.8) is 0 Å². The Morgan fingerprint density at radius 2 is 1.94 bits per heavy atom. The second-order valence-corrected chi connectivity index (χ2v) is 8.81. The summed E-state index contributed by atoms with van der Waals surface area (Å²) in [4.78, 5) is 52.2. The first-order valence-electron chi connectivity index (χ1n) is 9.91. The molecule has 3 aromatic rings. The number of hydrogen-bond donors (Lipinski definition) is 0. The second-order valence-electron chi connectivity index (χ2n) is 7.39. The molecule has 0 radical (unpaired) electrons. The fraction of sp³-hybridized carbons (Fsp3) is 0.136. The van der Waals surface area contributed by atoms with E-state index in [0.717, 1.165) is 11.3 Å². The van der Waals surface area contributed by atoms with Crippen LogP contribution in [0.5, 0.6) is 0 Å². The summed E-state index contributed by atoms with van der Waals surface area (Å²) < 4.78 is 6.36. The highest BCUT2D eigenvalue weighted by Gasteiger charge is 2.34. The summed E-state index contributed by atoms with van der Waals surface area (Å²) in [5, 5.41) is 22.5. The molecule has 0 aliphatic carbocycles. The number of hydrogen-bond acceptors (Lipinski definition) is 9. The van der Waals surface area contributed by atoms with Crippen molar-refractivity contribution in [1.82, 2.24) is 4.57 Å². The molecule has 1 aliphatic heterocycles. The molecule has 0 fully saturated rings. The van der Waals surface area contributed by atoms with Crippen molar-refractivity contribution in [2.75, 3.05) is 7.11 Å². The number of ether oxygens (including phenoxy) is 1. The summed E-state index contributed by atoms with van der Waals surface area (Å²) in [6.45, 7) is 1.57. The zero-order valence-corrected chi connectivity index (χ0v) is 19.7. The lowest BCUT2D eigenvalue weighted by atomic mass is 9.95. The quantitative estimate of drug-likeness (QED) is 0.289. The highest BCUT2D eigenvalue weighted by molar-refractivity contribution is 7.07. The van der Waals surface area contributed by atoms with Crippen LogP contribution >= 0.6 is 22.9 Å². The predicted octanol–water partition coefficient (Wildman–Crippen LogP) is 2.88. The number of fused-ring (bicyclic) bond motifs is 1. The predicted molar refractivity (Wildman–Crippen MR) is 127 cm³/mol. The summed E-state index contributed by atoms with van der Waals surface area (Å²) in [6.07, 6.45) is 1.48. The van der Waals surface area contributed by atoms with Gasteiger partial charge in [0, 0.05) is 18.2 Å². The average Bonchev–Trinajstić information content (AvgIpc) is 3.12. The zero-order chi connectivity index (χ0) is 25.4. The van der Waals surface area contributed by atoms with Gasteiger partial charge >= 0.3 is 5.97 Å². The number of halogens is 1. The number of aromatic nitrogens is 1. The van der Waals surface area contributed by atoms with E-state index in [-0.39, 0.29) is 42.6 Å². The molecule has 2 aromatic carbocycles. The van der Waals surface area contributed by atoms with E-state index in [4.69, 9.17) is 16.3 Å². The van der Waals surface area contributed by atoms with E-state index >= 15 is 0 Å². The Labute approximate surface area is 205 Å². The summed E-state index contributed by atoms with van der Waals surface area (Å²) in [5.41, 5.74) is -0.0490. The van der Waals surface area contributed by atoms with Crippen molar-refractivity contribution < 1.29 is 19.4 Å². The number of nitrogens with zero attached hydrogens (tertiary/aromatic N) is 4. The van der Waals surface area contributed by atoms with Crippen molar-refractivity contribution >= 4 is 46.4 Å². The fourth-order valence-electron chi connectivity index (χ4n) is 3.73. The van der Waals surface area contributed by atoms with Crippen LogP contribution in [0.2, 0.25) is 5.02 Å². The van der Waals surface area contributed by atoms with Crippen molar-refractivity contribution in [3.8, 4) is 0 Å². The van der Waals surface area contributed by atoms with Gasteiger partial charge in [-0.25, -0.2) is 9.79 Å². The van der Waals surface area contributed by atoms with Crippen molar-refractivity contribution in [2.45, 2.75) is 13.0 Å². The van der Waals surface area contributed by atoms with Crippen LogP contribution < -0.4 is 14.9 Å². The maximum atomic E-state index is 13.5. The minimum absolute atomic E-state index is 0.0402. The van der Waals surface area contributed by atoms with Crippen LogP contribution in [-0.4, -0.2) is 27.5 Å². The third-order valence-corrected chi connectivity index (χ3v) is 6.59. The molecule has 0 saturated carbocycles. The molecule has 13 heteroatoms. The Bertz CT molecular complexity index is 1620. The Kier molecular flexibility index (Phi) is 6.33. The second kappa shape index (κ2) is 9.24. The van der Waals surface area contributed by atoms with Gasteiger partial charge in [0.15, 0.2) is 4.80 Å². The number of carbonyl (C=O) groups is 1. The fourth-order valence-corrected chi connectivity index (χ4v) is 4.96. The SMILES string of the molecule is COC(=O)C1=C(C)N=c2sc(=Cc3cccc([N+](=O)[O-])c3)c(=O)n2C1c1ccc(Cl)c([N+](=O)[O-])c1.